The Morgan fingerprint density at radius 3 is 2.59 bits per heavy atom. The van der Waals surface area contributed by atoms with Gasteiger partial charge in [-0.25, -0.2) is 4.79 Å². The lowest BCUT2D eigenvalue weighted by molar-refractivity contribution is -0.144. The molecule has 1 rings (SSSR count). The van der Waals surface area contributed by atoms with Gasteiger partial charge < -0.3 is 14.2 Å². The second-order valence-electron chi connectivity index (χ2n) is 3.25. The van der Waals surface area contributed by atoms with Crippen molar-refractivity contribution in [3.8, 4) is 5.75 Å². The molecule has 0 aromatic heterocycles. The van der Waals surface area contributed by atoms with Gasteiger partial charge in [0.2, 0.25) is 0 Å². The molecule has 0 saturated heterocycles. The summed E-state index contributed by atoms with van der Waals surface area (Å²) in [5, 5.41) is 0. The van der Waals surface area contributed by atoms with Crippen LogP contribution in [0.2, 0.25) is 0 Å². The Labute approximate surface area is 99.3 Å². The van der Waals surface area contributed by atoms with E-state index >= 15 is 0 Å². The van der Waals surface area contributed by atoms with E-state index in [9.17, 15) is 9.59 Å². The summed E-state index contributed by atoms with van der Waals surface area (Å²) >= 11 is 0. The van der Waals surface area contributed by atoms with Gasteiger partial charge in [-0.2, -0.15) is 0 Å². The standard InChI is InChI=1S/C12H14O5/c1-9(13)16-7-10-5-3-4-6-11(10)17-8-12(14)15-2/h3-6H,7-8H2,1-2H3. The van der Waals surface area contributed by atoms with E-state index in [-0.39, 0.29) is 19.2 Å². The molecule has 0 aliphatic heterocycles. The molecule has 0 atom stereocenters. The molecule has 0 radical (unpaired) electrons. The summed E-state index contributed by atoms with van der Waals surface area (Å²) < 4.78 is 14.6. The molecule has 0 heterocycles. The number of carbonyl (C=O) groups excluding carboxylic acids is 2. The molecule has 5 heteroatoms. The van der Waals surface area contributed by atoms with Crippen LogP contribution in [-0.4, -0.2) is 25.7 Å². The highest BCUT2D eigenvalue weighted by Crippen LogP contribution is 2.18. The number of carbonyl (C=O) groups is 2. The highest BCUT2D eigenvalue weighted by molar-refractivity contribution is 5.71. The lowest BCUT2D eigenvalue weighted by Crippen LogP contribution is -2.13. The van der Waals surface area contributed by atoms with Gasteiger partial charge >= 0.3 is 11.9 Å². The number of methoxy groups -OCH3 is 1. The summed E-state index contributed by atoms with van der Waals surface area (Å²) in [5.74, 6) is -0.334. The predicted octanol–water partition coefficient (Wildman–Crippen LogP) is 1.30. The first-order valence-electron chi connectivity index (χ1n) is 5.04. The first-order valence-corrected chi connectivity index (χ1v) is 5.04. The number of benzene rings is 1. The van der Waals surface area contributed by atoms with Crippen LogP contribution in [0.25, 0.3) is 0 Å². The SMILES string of the molecule is COC(=O)COc1ccccc1COC(C)=O. The van der Waals surface area contributed by atoms with Gasteiger partial charge in [0.05, 0.1) is 7.11 Å². The van der Waals surface area contributed by atoms with Gasteiger partial charge in [-0.3, -0.25) is 4.79 Å². The fourth-order valence-electron chi connectivity index (χ4n) is 1.14. The molecular formula is C12H14O5. The number of hydrogen-bond acceptors (Lipinski definition) is 5. The molecule has 1 aromatic rings. The van der Waals surface area contributed by atoms with Gasteiger partial charge in [-0.1, -0.05) is 18.2 Å². The Morgan fingerprint density at radius 2 is 1.94 bits per heavy atom. The van der Waals surface area contributed by atoms with E-state index in [1.54, 1.807) is 24.3 Å². The first kappa shape index (κ1) is 13.0. The third-order valence-electron chi connectivity index (χ3n) is 1.98. The number of esters is 2. The van der Waals surface area contributed by atoms with Crippen molar-refractivity contribution in [3.05, 3.63) is 29.8 Å². The van der Waals surface area contributed by atoms with Crippen molar-refractivity contribution in [2.75, 3.05) is 13.7 Å². The van der Waals surface area contributed by atoms with Crippen LogP contribution in [0.1, 0.15) is 12.5 Å². The minimum Gasteiger partial charge on any atom is -0.481 e. The predicted molar refractivity (Wildman–Crippen MR) is 59.4 cm³/mol. The van der Waals surface area contributed by atoms with E-state index in [1.807, 2.05) is 0 Å². The van der Waals surface area contributed by atoms with Crippen LogP contribution in [0.5, 0.6) is 5.75 Å². The zero-order valence-electron chi connectivity index (χ0n) is 9.76. The van der Waals surface area contributed by atoms with Gasteiger partial charge in [0.15, 0.2) is 6.61 Å². The van der Waals surface area contributed by atoms with Crippen LogP contribution >= 0.6 is 0 Å². The first-order chi connectivity index (χ1) is 8.13. The summed E-state index contributed by atoms with van der Waals surface area (Å²) in [6, 6.07) is 7.02. The Morgan fingerprint density at radius 1 is 1.24 bits per heavy atom. The van der Waals surface area contributed by atoms with Crippen LogP contribution in [0.15, 0.2) is 24.3 Å². The second kappa shape index (κ2) is 6.52. The van der Waals surface area contributed by atoms with Gasteiger partial charge in [0.25, 0.3) is 0 Å². The van der Waals surface area contributed by atoms with E-state index in [0.29, 0.717) is 11.3 Å². The summed E-state index contributed by atoms with van der Waals surface area (Å²) in [4.78, 5) is 21.6. The number of rotatable bonds is 5. The van der Waals surface area contributed by atoms with E-state index in [4.69, 9.17) is 9.47 Å². The lowest BCUT2D eigenvalue weighted by Gasteiger charge is -2.10. The number of ether oxygens (including phenoxy) is 3. The smallest absolute Gasteiger partial charge is 0.343 e. The van der Waals surface area contributed by atoms with Gasteiger partial charge in [-0.15, -0.1) is 0 Å². The molecule has 92 valence electrons. The summed E-state index contributed by atoms with van der Waals surface area (Å²) in [6.07, 6.45) is 0. The number of para-hydroxylation sites is 1. The highest BCUT2D eigenvalue weighted by Gasteiger charge is 2.07. The average molecular weight is 238 g/mol. The Hall–Kier alpha value is -2.04. The van der Waals surface area contributed by atoms with Crippen molar-refractivity contribution in [1.29, 1.82) is 0 Å². The highest BCUT2D eigenvalue weighted by atomic mass is 16.6. The van der Waals surface area contributed by atoms with Crippen LogP contribution in [0, 0.1) is 0 Å². The van der Waals surface area contributed by atoms with Crippen LogP contribution in [-0.2, 0) is 25.7 Å². The summed E-state index contributed by atoms with van der Waals surface area (Å²) in [5.41, 5.74) is 0.701. The monoisotopic (exact) mass is 238 g/mol. The normalized spacial score (nSPS) is 9.53. The zero-order chi connectivity index (χ0) is 12.7. The van der Waals surface area contributed by atoms with E-state index < -0.39 is 5.97 Å². The molecule has 0 aliphatic carbocycles. The maximum Gasteiger partial charge on any atom is 0.343 e. The fourth-order valence-corrected chi connectivity index (χ4v) is 1.14. The molecule has 17 heavy (non-hydrogen) atoms. The molecular weight excluding hydrogens is 224 g/mol. The van der Waals surface area contributed by atoms with Crippen LogP contribution in [0.3, 0.4) is 0 Å². The second-order valence-corrected chi connectivity index (χ2v) is 3.25. The molecule has 0 aliphatic rings. The average Bonchev–Trinajstić information content (AvgIpc) is 2.34. The van der Waals surface area contributed by atoms with Crippen LogP contribution in [0.4, 0.5) is 0 Å². The van der Waals surface area contributed by atoms with Gasteiger partial charge in [0, 0.05) is 12.5 Å². The summed E-state index contributed by atoms with van der Waals surface area (Å²) in [7, 11) is 1.29. The van der Waals surface area contributed by atoms with Crippen molar-refractivity contribution < 1.29 is 23.8 Å². The van der Waals surface area contributed by atoms with Crippen molar-refractivity contribution in [1.82, 2.24) is 0 Å². The fraction of sp³-hybridized carbons (Fsp3) is 0.333. The van der Waals surface area contributed by atoms with Crippen molar-refractivity contribution >= 4 is 11.9 Å². The van der Waals surface area contributed by atoms with Crippen molar-refractivity contribution in [2.45, 2.75) is 13.5 Å². The van der Waals surface area contributed by atoms with E-state index in [2.05, 4.69) is 4.74 Å². The maximum atomic E-state index is 10.9. The molecule has 0 amide bonds. The molecule has 0 fully saturated rings. The zero-order valence-corrected chi connectivity index (χ0v) is 9.76. The van der Waals surface area contributed by atoms with Crippen molar-refractivity contribution in [3.63, 3.8) is 0 Å². The van der Waals surface area contributed by atoms with Crippen molar-refractivity contribution in [2.24, 2.45) is 0 Å². The summed E-state index contributed by atoms with van der Waals surface area (Å²) in [6.45, 7) is 1.28. The Kier molecular flexibility index (Phi) is 5.00. The maximum absolute atomic E-state index is 10.9. The third kappa shape index (κ3) is 4.55. The van der Waals surface area contributed by atoms with E-state index in [0.717, 1.165) is 0 Å². The Bertz CT molecular complexity index is 400. The Balaban J connectivity index is 2.63. The number of hydrogen-bond donors (Lipinski definition) is 0. The molecule has 0 saturated carbocycles. The molecule has 1 aromatic carbocycles. The topological polar surface area (TPSA) is 61.8 Å². The largest absolute Gasteiger partial charge is 0.481 e. The minimum atomic E-state index is -0.465. The molecule has 5 nitrogen and oxygen atoms in total. The molecule has 0 spiro atoms. The van der Waals surface area contributed by atoms with E-state index in [1.165, 1.54) is 14.0 Å². The quantitative estimate of drug-likeness (QED) is 0.723. The molecule has 0 N–H and O–H groups in total. The lowest BCUT2D eigenvalue weighted by atomic mass is 10.2. The molecule has 0 bridgehead atoms. The third-order valence-corrected chi connectivity index (χ3v) is 1.98. The van der Waals surface area contributed by atoms with Gasteiger partial charge in [-0.05, 0) is 6.07 Å². The van der Waals surface area contributed by atoms with Gasteiger partial charge in [0.1, 0.15) is 12.4 Å². The van der Waals surface area contributed by atoms with Crippen LogP contribution < -0.4 is 4.74 Å². The molecule has 0 unspecified atom stereocenters. The minimum absolute atomic E-state index is 0.118.